The fourth-order valence-electron chi connectivity index (χ4n) is 4.47. The van der Waals surface area contributed by atoms with E-state index in [-0.39, 0.29) is 6.17 Å². The molecule has 0 bridgehead atoms. The lowest BCUT2D eigenvalue weighted by Gasteiger charge is -2.41. The average molecular weight is 425 g/mol. The van der Waals surface area contributed by atoms with Gasteiger partial charge in [0.05, 0.1) is 31.5 Å². The van der Waals surface area contributed by atoms with Crippen LogP contribution in [0.5, 0.6) is 5.75 Å². The number of rotatable bonds is 4. The second-order valence-electron chi connectivity index (χ2n) is 7.94. The molecule has 1 atom stereocenters. The van der Waals surface area contributed by atoms with Crippen LogP contribution in [0.15, 0.2) is 78.0 Å². The maximum atomic E-state index is 5.68. The first-order chi connectivity index (χ1) is 15.8. The van der Waals surface area contributed by atoms with Crippen LogP contribution in [-0.4, -0.2) is 45.8 Å². The van der Waals surface area contributed by atoms with E-state index in [0.717, 1.165) is 46.4 Å². The number of aromatic nitrogens is 3. The molecule has 0 fully saturated rings. The van der Waals surface area contributed by atoms with Gasteiger partial charge in [-0.3, -0.25) is 19.4 Å². The lowest BCUT2D eigenvalue weighted by molar-refractivity contribution is 0.263. The molecule has 32 heavy (non-hydrogen) atoms. The van der Waals surface area contributed by atoms with Crippen LogP contribution in [-0.2, 0) is 6.54 Å². The summed E-state index contributed by atoms with van der Waals surface area (Å²) >= 11 is 0. The Hall–Kier alpha value is -3.91. The topological polar surface area (TPSA) is 70.8 Å². The van der Waals surface area contributed by atoms with E-state index in [2.05, 4.69) is 42.9 Å². The van der Waals surface area contributed by atoms with Gasteiger partial charge in [-0.05, 0) is 29.8 Å². The Bertz CT molecular complexity index is 1300. The smallest absolute Gasteiger partial charge is 0.216 e. The minimum atomic E-state index is -0.173. The molecule has 4 aromatic rings. The second-order valence-corrected chi connectivity index (χ2v) is 7.94. The number of nitrogens with zero attached hydrogens (tertiary/aromatic N) is 6. The first-order valence-corrected chi connectivity index (χ1v) is 10.6. The van der Waals surface area contributed by atoms with Crippen molar-refractivity contribution in [3.8, 4) is 5.75 Å². The summed E-state index contributed by atoms with van der Waals surface area (Å²) < 4.78 is 7.92. The highest BCUT2D eigenvalue weighted by atomic mass is 16.5. The molecule has 1 unspecified atom stereocenters. The Morgan fingerprint density at radius 2 is 1.94 bits per heavy atom. The van der Waals surface area contributed by atoms with Crippen LogP contribution >= 0.6 is 0 Å². The van der Waals surface area contributed by atoms with Crippen LogP contribution < -0.4 is 15.0 Å². The Morgan fingerprint density at radius 1 is 1.06 bits per heavy atom. The van der Waals surface area contributed by atoms with Gasteiger partial charge in [0.1, 0.15) is 11.9 Å². The summed E-state index contributed by atoms with van der Waals surface area (Å²) in [6.07, 6.45) is 3.53. The summed E-state index contributed by atoms with van der Waals surface area (Å²) in [6.45, 7) is 2.06. The molecular weight excluding hydrogens is 402 g/mol. The fourth-order valence-corrected chi connectivity index (χ4v) is 4.47. The Kier molecular flexibility index (Phi) is 4.50. The standard InChI is InChI=1S/C24H23N7O/c1-32-21-11-5-2-8-18(21)22-28-23-26-15-29(14-17-7-6-12-25-13-17)16-30(23)24-27-19-9-3-4-10-20(19)31(22)24/h2-13,22H,14-16H2,1H3,(H,26,28). The molecule has 2 aromatic heterocycles. The molecule has 0 aliphatic carbocycles. The first-order valence-electron chi connectivity index (χ1n) is 10.6. The van der Waals surface area contributed by atoms with E-state index in [1.54, 1.807) is 13.3 Å². The summed E-state index contributed by atoms with van der Waals surface area (Å²) in [5.41, 5.74) is 4.22. The van der Waals surface area contributed by atoms with Gasteiger partial charge >= 0.3 is 0 Å². The Morgan fingerprint density at radius 3 is 2.81 bits per heavy atom. The molecule has 1 N–H and O–H groups in total. The van der Waals surface area contributed by atoms with E-state index in [4.69, 9.17) is 14.7 Å². The van der Waals surface area contributed by atoms with Crippen molar-refractivity contribution in [1.82, 2.24) is 24.8 Å². The van der Waals surface area contributed by atoms with Crippen LogP contribution in [0.4, 0.5) is 5.95 Å². The first kappa shape index (κ1) is 18.8. The van der Waals surface area contributed by atoms with E-state index in [1.807, 2.05) is 48.7 Å². The largest absolute Gasteiger partial charge is 0.496 e. The van der Waals surface area contributed by atoms with Crippen molar-refractivity contribution >= 4 is 22.9 Å². The van der Waals surface area contributed by atoms with E-state index in [9.17, 15) is 0 Å². The Balaban J connectivity index is 1.44. The normalized spacial score (nSPS) is 18.0. The summed E-state index contributed by atoms with van der Waals surface area (Å²) in [6, 6.07) is 20.4. The lowest BCUT2D eigenvalue weighted by atomic mass is 10.1. The summed E-state index contributed by atoms with van der Waals surface area (Å²) in [5, 5.41) is 3.65. The minimum Gasteiger partial charge on any atom is -0.496 e. The summed E-state index contributed by atoms with van der Waals surface area (Å²) in [7, 11) is 1.70. The lowest BCUT2D eigenvalue weighted by Crippen LogP contribution is -2.57. The van der Waals surface area contributed by atoms with E-state index < -0.39 is 0 Å². The maximum Gasteiger partial charge on any atom is 0.216 e. The van der Waals surface area contributed by atoms with Crippen molar-refractivity contribution in [3.63, 3.8) is 0 Å². The van der Waals surface area contributed by atoms with Gasteiger partial charge in [-0.2, -0.15) is 0 Å². The van der Waals surface area contributed by atoms with Crippen LogP contribution in [0.3, 0.4) is 0 Å². The highest BCUT2D eigenvalue weighted by Crippen LogP contribution is 2.36. The molecular formula is C24H23N7O. The predicted octanol–water partition coefficient (Wildman–Crippen LogP) is 3.18. The van der Waals surface area contributed by atoms with Crippen molar-refractivity contribution in [3.05, 3.63) is 84.2 Å². The fraction of sp³-hybridized carbons (Fsp3) is 0.208. The third kappa shape index (κ3) is 3.07. The van der Waals surface area contributed by atoms with Crippen molar-refractivity contribution in [2.45, 2.75) is 12.7 Å². The number of hydrogen-bond donors (Lipinski definition) is 1. The second kappa shape index (κ2) is 7.65. The monoisotopic (exact) mass is 425 g/mol. The SMILES string of the molecule is COc1ccccc1C1NC2=NCN(Cc3cccnc3)CN2c2nc3ccccc3n21. The van der Waals surface area contributed by atoms with Crippen molar-refractivity contribution in [2.75, 3.05) is 25.3 Å². The molecule has 0 amide bonds. The number of hydrogen-bond acceptors (Lipinski definition) is 7. The summed E-state index contributed by atoms with van der Waals surface area (Å²) in [5.74, 6) is 2.53. The third-order valence-electron chi connectivity index (χ3n) is 5.92. The Labute approximate surface area is 185 Å². The molecule has 8 nitrogen and oxygen atoms in total. The molecule has 4 heterocycles. The maximum absolute atomic E-state index is 5.68. The number of methoxy groups -OCH3 is 1. The number of aliphatic imine (C=N–C) groups is 1. The quantitative estimate of drug-likeness (QED) is 0.542. The van der Waals surface area contributed by atoms with Crippen LogP contribution in [0, 0.1) is 0 Å². The predicted molar refractivity (Wildman–Crippen MR) is 123 cm³/mol. The number of pyridine rings is 1. The molecule has 8 heteroatoms. The molecule has 2 aliphatic rings. The van der Waals surface area contributed by atoms with Gasteiger partial charge in [-0.15, -0.1) is 0 Å². The third-order valence-corrected chi connectivity index (χ3v) is 5.92. The number of imidazole rings is 1. The van der Waals surface area contributed by atoms with E-state index >= 15 is 0 Å². The number of anilines is 1. The molecule has 0 radical (unpaired) electrons. The van der Waals surface area contributed by atoms with Crippen LogP contribution in [0.1, 0.15) is 17.3 Å². The van der Waals surface area contributed by atoms with Gasteiger partial charge in [0.2, 0.25) is 11.9 Å². The zero-order valence-corrected chi connectivity index (χ0v) is 17.7. The van der Waals surface area contributed by atoms with Gasteiger partial charge in [0, 0.05) is 24.5 Å². The highest BCUT2D eigenvalue weighted by Gasteiger charge is 2.36. The van der Waals surface area contributed by atoms with Gasteiger partial charge in [0.15, 0.2) is 0 Å². The zero-order valence-electron chi connectivity index (χ0n) is 17.7. The average Bonchev–Trinajstić information content (AvgIpc) is 3.24. The van der Waals surface area contributed by atoms with Crippen LogP contribution in [0.25, 0.3) is 11.0 Å². The number of benzene rings is 2. The zero-order chi connectivity index (χ0) is 21.5. The van der Waals surface area contributed by atoms with Gasteiger partial charge in [-0.1, -0.05) is 36.4 Å². The number of guanidine groups is 1. The molecule has 0 saturated carbocycles. The van der Waals surface area contributed by atoms with Gasteiger partial charge < -0.3 is 10.1 Å². The van der Waals surface area contributed by atoms with Gasteiger partial charge in [-0.25, -0.2) is 9.98 Å². The van der Waals surface area contributed by atoms with Gasteiger partial charge in [0.25, 0.3) is 0 Å². The molecule has 6 rings (SSSR count). The number of nitrogens with one attached hydrogen (secondary N) is 1. The molecule has 0 saturated heterocycles. The highest BCUT2D eigenvalue weighted by molar-refractivity contribution is 5.99. The van der Waals surface area contributed by atoms with Crippen molar-refractivity contribution < 1.29 is 4.74 Å². The van der Waals surface area contributed by atoms with Crippen molar-refractivity contribution in [2.24, 2.45) is 4.99 Å². The molecule has 2 aliphatic heterocycles. The molecule has 160 valence electrons. The minimum absolute atomic E-state index is 0.173. The molecule has 2 aromatic carbocycles. The van der Waals surface area contributed by atoms with E-state index in [0.29, 0.717) is 13.3 Å². The van der Waals surface area contributed by atoms with E-state index in [1.165, 1.54) is 0 Å². The summed E-state index contributed by atoms with van der Waals surface area (Å²) in [4.78, 5) is 18.5. The molecule has 0 spiro atoms. The number of ether oxygens (including phenoxy) is 1. The van der Waals surface area contributed by atoms with Crippen molar-refractivity contribution in [1.29, 1.82) is 0 Å². The van der Waals surface area contributed by atoms with Crippen LogP contribution in [0.2, 0.25) is 0 Å². The number of para-hydroxylation sites is 3. The number of fused-ring (bicyclic) bond motifs is 5.